The number of benzene rings is 3. The van der Waals surface area contributed by atoms with Gasteiger partial charge in [0.15, 0.2) is 0 Å². The molecule has 0 saturated carbocycles. The zero-order valence-corrected chi connectivity index (χ0v) is 20.5. The molecular weight excluding hydrogens is 458 g/mol. The van der Waals surface area contributed by atoms with Crippen molar-refractivity contribution in [3.05, 3.63) is 113 Å². The number of carbonyl (C=O) groups is 1. The van der Waals surface area contributed by atoms with E-state index in [1.807, 2.05) is 84.5 Å². The second-order valence-corrected chi connectivity index (χ2v) is 9.89. The van der Waals surface area contributed by atoms with Gasteiger partial charge in [-0.1, -0.05) is 102 Å². The van der Waals surface area contributed by atoms with Crippen LogP contribution in [-0.4, -0.2) is 24.9 Å². The van der Waals surface area contributed by atoms with Crippen molar-refractivity contribution in [1.29, 1.82) is 0 Å². The Bertz CT molecular complexity index is 1380. The highest BCUT2D eigenvalue weighted by Crippen LogP contribution is 2.39. The van der Waals surface area contributed by atoms with E-state index in [1.54, 1.807) is 4.90 Å². The minimum atomic E-state index is -0.136. The summed E-state index contributed by atoms with van der Waals surface area (Å²) in [6.07, 6.45) is 3.89. The first-order valence-corrected chi connectivity index (χ1v) is 12.3. The lowest BCUT2D eigenvalue weighted by molar-refractivity contribution is -0.123. The molecule has 4 aromatic rings. The molecule has 1 aliphatic heterocycles. The summed E-state index contributed by atoms with van der Waals surface area (Å²) >= 11 is 6.96. The van der Waals surface area contributed by atoms with Crippen molar-refractivity contribution >= 4 is 40.3 Å². The van der Waals surface area contributed by atoms with Gasteiger partial charge in [0.05, 0.1) is 22.3 Å². The van der Waals surface area contributed by atoms with Gasteiger partial charge in [0, 0.05) is 17.3 Å². The Morgan fingerprint density at radius 1 is 0.941 bits per heavy atom. The van der Waals surface area contributed by atoms with Crippen LogP contribution in [0.25, 0.3) is 23.0 Å². The lowest BCUT2D eigenvalue weighted by atomic mass is 10.1. The first-order valence-electron chi connectivity index (χ1n) is 11.1. The number of aromatic nitrogens is 2. The van der Waals surface area contributed by atoms with Crippen molar-refractivity contribution in [1.82, 2.24) is 14.7 Å². The molecule has 0 N–H and O–H groups in total. The summed E-state index contributed by atoms with van der Waals surface area (Å²) in [4.78, 5) is 15.7. The Labute approximate surface area is 208 Å². The standard InChI is InChI=1S/C28H23N3OS2/c1-19-13-15-22(16-14-19)26-23(18-30(29-26)24-11-7-4-8-12-24)17-25-27(32)31(28(33)34-25)20(2)21-9-5-3-6-10-21/h3-18,20H,1-2H3/b25-17+/t20-/m1/s1. The Balaban J connectivity index is 1.54. The van der Waals surface area contributed by atoms with E-state index in [2.05, 4.69) is 31.2 Å². The minimum Gasteiger partial charge on any atom is -0.286 e. The maximum absolute atomic E-state index is 13.4. The molecule has 34 heavy (non-hydrogen) atoms. The number of rotatable bonds is 5. The number of amides is 1. The van der Waals surface area contributed by atoms with Crippen molar-refractivity contribution in [3.63, 3.8) is 0 Å². The normalized spacial score (nSPS) is 15.8. The molecule has 168 valence electrons. The SMILES string of the molecule is Cc1ccc(-c2nn(-c3ccccc3)cc2/C=C2/SC(=S)N([C@H](C)c3ccccc3)C2=O)cc1. The summed E-state index contributed by atoms with van der Waals surface area (Å²) in [5.74, 6) is -0.0753. The van der Waals surface area contributed by atoms with Crippen molar-refractivity contribution in [2.75, 3.05) is 0 Å². The summed E-state index contributed by atoms with van der Waals surface area (Å²) in [5.41, 5.74) is 5.90. The van der Waals surface area contributed by atoms with Crippen LogP contribution in [0.1, 0.15) is 29.7 Å². The van der Waals surface area contributed by atoms with Crippen LogP contribution >= 0.6 is 24.0 Å². The van der Waals surface area contributed by atoms with Crippen molar-refractivity contribution in [2.24, 2.45) is 0 Å². The Hall–Kier alpha value is -3.48. The van der Waals surface area contributed by atoms with Crippen LogP contribution in [0.2, 0.25) is 0 Å². The maximum atomic E-state index is 13.4. The topological polar surface area (TPSA) is 38.1 Å². The third-order valence-corrected chi connectivity index (χ3v) is 7.20. The Kier molecular flexibility index (Phi) is 6.18. The summed E-state index contributed by atoms with van der Waals surface area (Å²) in [6.45, 7) is 4.07. The quantitative estimate of drug-likeness (QED) is 0.232. The summed E-state index contributed by atoms with van der Waals surface area (Å²) in [7, 11) is 0. The van der Waals surface area contributed by atoms with Gasteiger partial charge in [0.1, 0.15) is 4.32 Å². The fraction of sp³-hybridized carbons (Fsp3) is 0.107. The zero-order valence-electron chi connectivity index (χ0n) is 18.9. The molecule has 3 aromatic carbocycles. The van der Waals surface area contributed by atoms with Crippen LogP contribution in [0.5, 0.6) is 0 Å². The fourth-order valence-electron chi connectivity index (χ4n) is 3.98. The van der Waals surface area contributed by atoms with Crippen molar-refractivity contribution < 1.29 is 4.79 Å². The monoisotopic (exact) mass is 481 g/mol. The number of para-hydroxylation sites is 1. The van der Waals surface area contributed by atoms with Crippen molar-refractivity contribution in [2.45, 2.75) is 19.9 Å². The first-order chi connectivity index (χ1) is 16.5. The van der Waals surface area contributed by atoms with Crippen molar-refractivity contribution in [3.8, 4) is 16.9 Å². The molecule has 6 heteroatoms. The Morgan fingerprint density at radius 2 is 1.59 bits per heavy atom. The van der Waals surface area contributed by atoms with E-state index in [9.17, 15) is 4.79 Å². The molecule has 1 aliphatic rings. The molecule has 1 amide bonds. The third kappa shape index (κ3) is 4.34. The summed E-state index contributed by atoms with van der Waals surface area (Å²) in [5, 5.41) is 4.87. The summed E-state index contributed by atoms with van der Waals surface area (Å²) < 4.78 is 2.42. The van der Waals surface area contributed by atoms with E-state index in [4.69, 9.17) is 17.3 Å². The van der Waals surface area contributed by atoms with E-state index < -0.39 is 0 Å². The number of thiocarbonyl (C=S) groups is 1. The zero-order chi connectivity index (χ0) is 23.7. The van der Waals surface area contributed by atoms with Gasteiger partial charge in [-0.3, -0.25) is 9.69 Å². The lowest BCUT2D eigenvalue weighted by Gasteiger charge is -2.23. The number of aryl methyl sites for hydroxylation is 1. The van der Waals surface area contributed by atoms with Crippen LogP contribution in [0, 0.1) is 6.92 Å². The predicted molar refractivity (Wildman–Crippen MR) is 144 cm³/mol. The fourth-order valence-corrected chi connectivity index (χ4v) is 5.39. The average Bonchev–Trinajstić information content (AvgIpc) is 3.41. The second-order valence-electron chi connectivity index (χ2n) is 8.22. The van der Waals surface area contributed by atoms with Gasteiger partial charge in [-0.2, -0.15) is 5.10 Å². The van der Waals surface area contributed by atoms with Crippen LogP contribution in [0.15, 0.2) is 96.0 Å². The largest absolute Gasteiger partial charge is 0.286 e. The van der Waals surface area contributed by atoms with E-state index in [1.165, 1.54) is 17.3 Å². The van der Waals surface area contributed by atoms with E-state index >= 15 is 0 Å². The molecule has 0 aliphatic carbocycles. The molecule has 4 nitrogen and oxygen atoms in total. The van der Waals surface area contributed by atoms with E-state index in [-0.39, 0.29) is 11.9 Å². The highest BCUT2D eigenvalue weighted by atomic mass is 32.2. The predicted octanol–water partition coefficient (Wildman–Crippen LogP) is 6.81. The molecule has 1 aromatic heterocycles. The van der Waals surface area contributed by atoms with Gasteiger partial charge in [-0.05, 0) is 37.6 Å². The van der Waals surface area contributed by atoms with Gasteiger partial charge < -0.3 is 0 Å². The van der Waals surface area contributed by atoms with E-state index in [0.29, 0.717) is 9.23 Å². The molecule has 1 atom stereocenters. The lowest BCUT2D eigenvalue weighted by Crippen LogP contribution is -2.30. The molecular formula is C28H23N3OS2. The number of carbonyl (C=O) groups excluding carboxylic acids is 1. The van der Waals surface area contributed by atoms with Gasteiger partial charge in [-0.15, -0.1) is 0 Å². The smallest absolute Gasteiger partial charge is 0.266 e. The molecule has 1 saturated heterocycles. The van der Waals surface area contributed by atoms with Crippen LogP contribution in [0.3, 0.4) is 0 Å². The van der Waals surface area contributed by atoms with Crippen LogP contribution in [0.4, 0.5) is 0 Å². The number of nitrogens with zero attached hydrogens (tertiary/aromatic N) is 3. The summed E-state index contributed by atoms with van der Waals surface area (Å²) in [6, 6.07) is 28.1. The van der Waals surface area contributed by atoms with Gasteiger partial charge >= 0.3 is 0 Å². The van der Waals surface area contributed by atoms with E-state index in [0.717, 1.165) is 28.1 Å². The van der Waals surface area contributed by atoms with Gasteiger partial charge in [0.2, 0.25) is 0 Å². The molecule has 0 bridgehead atoms. The highest BCUT2D eigenvalue weighted by molar-refractivity contribution is 8.26. The number of thioether (sulfide) groups is 1. The van der Waals surface area contributed by atoms with Crippen LogP contribution < -0.4 is 0 Å². The highest BCUT2D eigenvalue weighted by Gasteiger charge is 2.36. The first kappa shape index (κ1) is 22.3. The molecule has 0 unspecified atom stereocenters. The Morgan fingerprint density at radius 3 is 2.26 bits per heavy atom. The van der Waals surface area contributed by atoms with Gasteiger partial charge in [-0.25, -0.2) is 4.68 Å². The molecule has 0 radical (unpaired) electrons. The molecule has 2 heterocycles. The minimum absolute atomic E-state index is 0.0753. The van der Waals surface area contributed by atoms with Gasteiger partial charge in [0.25, 0.3) is 5.91 Å². The number of hydrogen-bond donors (Lipinski definition) is 0. The molecule has 5 rings (SSSR count). The molecule has 1 fully saturated rings. The maximum Gasteiger partial charge on any atom is 0.266 e. The van der Waals surface area contributed by atoms with Crippen LogP contribution in [-0.2, 0) is 4.79 Å². The average molecular weight is 482 g/mol. The molecule has 0 spiro atoms. The third-order valence-electron chi connectivity index (χ3n) is 5.87. The second kappa shape index (κ2) is 9.41. The number of hydrogen-bond acceptors (Lipinski definition) is 4.